The van der Waals surface area contributed by atoms with E-state index < -0.39 is 10.9 Å². The van der Waals surface area contributed by atoms with Crippen molar-refractivity contribution in [2.45, 2.75) is 13.8 Å². The molecule has 0 radical (unpaired) electrons. The van der Waals surface area contributed by atoms with Crippen molar-refractivity contribution in [2.75, 3.05) is 6.61 Å². The normalized spacial score (nSPS) is 10.9. The van der Waals surface area contributed by atoms with Gasteiger partial charge >= 0.3 is 5.97 Å². The molecule has 0 spiro atoms. The smallest absolute Gasteiger partial charge is 0.302 e. The first-order chi connectivity index (χ1) is 8.90. The number of non-ortho nitro benzene ring substituents is 1. The van der Waals surface area contributed by atoms with Crippen molar-refractivity contribution in [1.29, 1.82) is 0 Å². The molecule has 1 aromatic rings. The lowest BCUT2D eigenvalue weighted by atomic mass is 10.1. The van der Waals surface area contributed by atoms with Crippen molar-refractivity contribution in [2.24, 2.45) is 0 Å². The highest BCUT2D eigenvalue weighted by molar-refractivity contribution is 5.98. The summed E-state index contributed by atoms with van der Waals surface area (Å²) in [6, 6.07) is 5.73. The van der Waals surface area contributed by atoms with E-state index in [9.17, 15) is 19.7 Å². The minimum Gasteiger partial charge on any atom is -0.461 e. The molecule has 0 saturated carbocycles. The molecule has 0 heterocycles. The fourth-order valence-corrected chi connectivity index (χ4v) is 1.32. The number of ether oxygens (including phenoxy) is 1. The molecule has 0 fully saturated rings. The highest BCUT2D eigenvalue weighted by Crippen LogP contribution is 2.15. The Hall–Kier alpha value is -2.50. The van der Waals surface area contributed by atoms with Gasteiger partial charge in [0.15, 0.2) is 5.78 Å². The van der Waals surface area contributed by atoms with Crippen LogP contribution in [-0.2, 0) is 14.3 Å². The van der Waals surface area contributed by atoms with Crippen molar-refractivity contribution in [3.8, 4) is 0 Å². The van der Waals surface area contributed by atoms with Crippen LogP contribution in [0.15, 0.2) is 29.8 Å². The minimum atomic E-state index is -0.502. The van der Waals surface area contributed by atoms with E-state index in [2.05, 4.69) is 0 Å². The van der Waals surface area contributed by atoms with Crippen LogP contribution in [0.2, 0.25) is 0 Å². The average molecular weight is 263 g/mol. The van der Waals surface area contributed by atoms with Gasteiger partial charge in [-0.25, -0.2) is 0 Å². The second-order valence-corrected chi connectivity index (χ2v) is 3.85. The summed E-state index contributed by atoms with van der Waals surface area (Å²) in [6.45, 7) is 2.51. The minimum absolute atomic E-state index is 0.0264. The summed E-state index contributed by atoms with van der Waals surface area (Å²) in [7, 11) is 0. The Kier molecular flexibility index (Phi) is 4.93. The first-order valence-electron chi connectivity index (χ1n) is 5.49. The maximum Gasteiger partial charge on any atom is 0.302 e. The van der Waals surface area contributed by atoms with Gasteiger partial charge < -0.3 is 4.74 Å². The molecule has 1 rings (SSSR count). The van der Waals surface area contributed by atoms with Crippen molar-refractivity contribution in [1.82, 2.24) is 0 Å². The van der Waals surface area contributed by atoms with Gasteiger partial charge in [0, 0.05) is 24.6 Å². The first-order valence-corrected chi connectivity index (χ1v) is 5.49. The summed E-state index contributed by atoms with van der Waals surface area (Å²) in [4.78, 5) is 32.1. The van der Waals surface area contributed by atoms with Gasteiger partial charge in [-0.1, -0.05) is 0 Å². The topological polar surface area (TPSA) is 86.5 Å². The number of nitro benzene ring substituents is 1. The van der Waals surface area contributed by atoms with Gasteiger partial charge in [0.25, 0.3) is 5.69 Å². The van der Waals surface area contributed by atoms with Crippen molar-refractivity contribution >= 4 is 23.5 Å². The second kappa shape index (κ2) is 6.44. The molecule has 0 atom stereocenters. The van der Waals surface area contributed by atoms with Gasteiger partial charge in [-0.3, -0.25) is 19.7 Å². The first kappa shape index (κ1) is 14.6. The van der Waals surface area contributed by atoms with E-state index in [0.717, 1.165) is 0 Å². The number of hydrogen-bond acceptors (Lipinski definition) is 5. The van der Waals surface area contributed by atoms with Crippen LogP contribution in [0.5, 0.6) is 0 Å². The SMILES string of the molecule is CC(=O)OC/C(=C\c1ccc([N+](=O)[O-])cc1)C(C)=O. The quantitative estimate of drug-likeness (QED) is 0.351. The predicted molar refractivity (Wildman–Crippen MR) is 68.4 cm³/mol. The highest BCUT2D eigenvalue weighted by Gasteiger charge is 2.08. The summed E-state index contributed by atoms with van der Waals surface area (Å²) < 4.78 is 4.76. The van der Waals surface area contributed by atoms with Crippen LogP contribution in [0.3, 0.4) is 0 Å². The average Bonchev–Trinajstić information content (AvgIpc) is 2.34. The largest absolute Gasteiger partial charge is 0.461 e. The molecule has 0 aromatic heterocycles. The maximum atomic E-state index is 11.4. The van der Waals surface area contributed by atoms with Gasteiger partial charge in [0.2, 0.25) is 0 Å². The maximum absolute atomic E-state index is 11.4. The summed E-state index contributed by atoms with van der Waals surface area (Å²) in [5, 5.41) is 10.5. The van der Waals surface area contributed by atoms with Crippen molar-refractivity contribution < 1.29 is 19.2 Å². The van der Waals surface area contributed by atoms with E-state index in [1.54, 1.807) is 0 Å². The number of carbonyl (C=O) groups excluding carboxylic acids is 2. The Labute approximate surface area is 109 Å². The van der Waals surface area contributed by atoms with Gasteiger partial charge in [-0.2, -0.15) is 0 Å². The molecule has 6 heteroatoms. The fourth-order valence-electron chi connectivity index (χ4n) is 1.32. The molecule has 0 aliphatic carbocycles. The second-order valence-electron chi connectivity index (χ2n) is 3.85. The monoisotopic (exact) mass is 263 g/mol. The van der Waals surface area contributed by atoms with Crippen LogP contribution in [0.4, 0.5) is 5.69 Å². The molecule has 0 aliphatic rings. The molecule has 0 bridgehead atoms. The zero-order chi connectivity index (χ0) is 14.4. The molecule has 19 heavy (non-hydrogen) atoms. The molecule has 0 unspecified atom stereocenters. The lowest BCUT2D eigenvalue weighted by molar-refractivity contribution is -0.384. The van der Waals surface area contributed by atoms with E-state index in [0.29, 0.717) is 11.1 Å². The van der Waals surface area contributed by atoms with E-state index in [-0.39, 0.29) is 18.1 Å². The number of hydrogen-bond donors (Lipinski definition) is 0. The van der Waals surface area contributed by atoms with Gasteiger partial charge in [0.1, 0.15) is 6.61 Å². The molecule has 100 valence electrons. The Morgan fingerprint density at radius 2 is 1.84 bits per heavy atom. The number of nitro groups is 1. The van der Waals surface area contributed by atoms with Crippen LogP contribution in [-0.4, -0.2) is 23.3 Å². The van der Waals surface area contributed by atoms with Crippen LogP contribution >= 0.6 is 0 Å². The van der Waals surface area contributed by atoms with Crippen molar-refractivity contribution in [3.63, 3.8) is 0 Å². The lowest BCUT2D eigenvalue weighted by Crippen LogP contribution is -2.08. The van der Waals surface area contributed by atoms with Crippen LogP contribution < -0.4 is 0 Å². The van der Waals surface area contributed by atoms with Crippen LogP contribution in [0, 0.1) is 10.1 Å². The predicted octanol–water partition coefficient (Wildman–Crippen LogP) is 2.13. The molecule has 0 saturated heterocycles. The van der Waals surface area contributed by atoms with Gasteiger partial charge in [-0.05, 0) is 30.7 Å². The molecule has 0 aliphatic heterocycles. The van der Waals surface area contributed by atoms with Gasteiger partial charge in [-0.15, -0.1) is 0 Å². The Bertz CT molecular complexity index is 530. The summed E-state index contributed by atoms with van der Waals surface area (Å²) in [6.07, 6.45) is 1.54. The zero-order valence-corrected chi connectivity index (χ0v) is 10.6. The molecular formula is C13H13NO5. The van der Waals surface area contributed by atoms with Crippen LogP contribution in [0.25, 0.3) is 6.08 Å². The summed E-state index contributed by atoms with van der Waals surface area (Å²) >= 11 is 0. The Morgan fingerprint density at radius 3 is 2.26 bits per heavy atom. The third-order valence-corrected chi connectivity index (χ3v) is 2.33. The molecule has 1 aromatic carbocycles. The molecule has 0 N–H and O–H groups in total. The number of esters is 1. The molecule has 0 amide bonds. The van der Waals surface area contributed by atoms with E-state index in [4.69, 9.17) is 4.74 Å². The number of benzene rings is 1. The highest BCUT2D eigenvalue weighted by atomic mass is 16.6. The molecule has 6 nitrogen and oxygen atoms in total. The fraction of sp³-hybridized carbons (Fsp3) is 0.231. The summed E-state index contributed by atoms with van der Waals surface area (Å²) in [5.41, 5.74) is 0.925. The number of carbonyl (C=O) groups is 2. The Balaban J connectivity index is 2.92. The van der Waals surface area contributed by atoms with E-state index >= 15 is 0 Å². The van der Waals surface area contributed by atoms with E-state index in [1.165, 1.54) is 44.2 Å². The third kappa shape index (κ3) is 4.71. The van der Waals surface area contributed by atoms with Crippen LogP contribution in [0.1, 0.15) is 19.4 Å². The number of rotatable bonds is 5. The zero-order valence-electron chi connectivity index (χ0n) is 10.6. The van der Waals surface area contributed by atoms with E-state index in [1.807, 2.05) is 0 Å². The number of Topliss-reactive ketones (excluding diaryl/α,β-unsaturated/α-hetero) is 1. The number of nitrogens with zero attached hydrogens (tertiary/aromatic N) is 1. The Morgan fingerprint density at radius 1 is 1.26 bits per heavy atom. The standard InChI is InChI=1S/C13H13NO5/c1-9(15)12(8-19-10(2)16)7-11-3-5-13(6-4-11)14(17)18/h3-7H,8H2,1-2H3/b12-7+. The van der Waals surface area contributed by atoms with Crippen molar-refractivity contribution in [3.05, 3.63) is 45.5 Å². The summed E-state index contributed by atoms with van der Waals surface area (Å²) in [5.74, 6) is -0.699. The third-order valence-electron chi connectivity index (χ3n) is 2.33. The van der Waals surface area contributed by atoms with Gasteiger partial charge in [0.05, 0.1) is 4.92 Å². The molecular weight excluding hydrogens is 250 g/mol. The number of ketones is 1. The lowest BCUT2D eigenvalue weighted by Gasteiger charge is -2.04.